The number of piperazine rings is 1. The van der Waals surface area contributed by atoms with Crippen LogP contribution in [0.1, 0.15) is 34.1 Å². The molecule has 0 aliphatic carbocycles. The Kier molecular flexibility index (Phi) is 7.49. The second-order valence-corrected chi connectivity index (χ2v) is 10.7. The molecule has 1 saturated heterocycles. The van der Waals surface area contributed by atoms with Crippen molar-refractivity contribution in [1.29, 1.82) is 0 Å². The van der Waals surface area contributed by atoms with Crippen LogP contribution < -0.4 is 10.5 Å². The highest BCUT2D eigenvalue weighted by molar-refractivity contribution is 5.83. The Labute approximate surface area is 242 Å². The lowest BCUT2D eigenvalue weighted by Crippen LogP contribution is -2.49. The van der Waals surface area contributed by atoms with Crippen LogP contribution in [0.5, 0.6) is 0 Å². The van der Waals surface area contributed by atoms with Gasteiger partial charge in [-0.05, 0) is 71.0 Å². The van der Waals surface area contributed by atoms with Gasteiger partial charge in [0.05, 0.1) is 10.4 Å². The zero-order valence-electron chi connectivity index (χ0n) is 23.6. The molecule has 2 aromatic heterocycles. The van der Waals surface area contributed by atoms with Gasteiger partial charge in [0.25, 0.3) is 11.2 Å². The van der Waals surface area contributed by atoms with Gasteiger partial charge in [-0.25, -0.2) is 4.68 Å². The molecule has 0 bridgehead atoms. The Hall–Kier alpha value is -4.90. The van der Waals surface area contributed by atoms with Crippen molar-refractivity contribution in [3.05, 3.63) is 121 Å². The molecular weight excluding hydrogens is 532 g/mol. The minimum Gasteiger partial charge on any atom is -0.369 e. The van der Waals surface area contributed by atoms with E-state index in [1.165, 1.54) is 17.7 Å². The Morgan fingerprint density at radius 2 is 1.71 bits per heavy atom. The number of benzene rings is 3. The predicted molar refractivity (Wildman–Crippen MR) is 161 cm³/mol. The molecule has 1 aliphatic rings. The first-order valence-electron chi connectivity index (χ1n) is 14.1. The molecular formula is C31H32N8O3. The van der Waals surface area contributed by atoms with Crippen LogP contribution >= 0.6 is 0 Å². The summed E-state index contributed by atoms with van der Waals surface area (Å²) in [5, 5.41) is 24.9. The van der Waals surface area contributed by atoms with Crippen molar-refractivity contribution in [1.82, 2.24) is 30.1 Å². The summed E-state index contributed by atoms with van der Waals surface area (Å²) in [5.74, 6) is 0.628. The number of rotatable bonds is 8. The molecule has 0 spiro atoms. The van der Waals surface area contributed by atoms with Gasteiger partial charge in [-0.1, -0.05) is 42.5 Å². The number of nitrogens with one attached hydrogen (secondary N) is 1. The molecule has 11 heteroatoms. The van der Waals surface area contributed by atoms with Crippen molar-refractivity contribution in [2.24, 2.45) is 0 Å². The van der Waals surface area contributed by atoms with Crippen molar-refractivity contribution in [3.8, 4) is 0 Å². The van der Waals surface area contributed by atoms with E-state index in [2.05, 4.69) is 48.5 Å². The molecule has 0 saturated carbocycles. The Morgan fingerprint density at radius 1 is 0.976 bits per heavy atom. The van der Waals surface area contributed by atoms with Gasteiger partial charge in [0.2, 0.25) is 0 Å². The van der Waals surface area contributed by atoms with E-state index in [-0.39, 0.29) is 11.2 Å². The first kappa shape index (κ1) is 27.3. The molecule has 3 aromatic carbocycles. The molecule has 214 valence electrons. The molecule has 1 fully saturated rings. The predicted octanol–water partition coefficient (Wildman–Crippen LogP) is 4.19. The van der Waals surface area contributed by atoms with Crippen molar-refractivity contribution < 1.29 is 4.92 Å². The monoisotopic (exact) mass is 564 g/mol. The molecule has 1 aliphatic heterocycles. The number of aryl methyl sites for hydroxylation is 4. The molecule has 0 radical (unpaired) electrons. The molecule has 0 amide bonds. The van der Waals surface area contributed by atoms with E-state index in [9.17, 15) is 14.9 Å². The summed E-state index contributed by atoms with van der Waals surface area (Å²) in [7, 11) is 0. The second kappa shape index (κ2) is 11.5. The first-order chi connectivity index (χ1) is 20.4. The number of hydrogen-bond acceptors (Lipinski definition) is 8. The molecule has 0 unspecified atom stereocenters. The number of anilines is 1. The minimum absolute atomic E-state index is 0.0701. The number of hydrogen-bond donors (Lipinski definition) is 1. The lowest BCUT2D eigenvalue weighted by atomic mass is 9.99. The van der Waals surface area contributed by atoms with Gasteiger partial charge < -0.3 is 9.88 Å². The van der Waals surface area contributed by atoms with E-state index in [0.29, 0.717) is 44.1 Å². The average Bonchev–Trinajstić information content (AvgIpc) is 3.48. The van der Waals surface area contributed by atoms with Gasteiger partial charge in [0.1, 0.15) is 6.04 Å². The lowest BCUT2D eigenvalue weighted by molar-refractivity contribution is -0.384. The van der Waals surface area contributed by atoms with Crippen molar-refractivity contribution in [2.75, 3.05) is 31.1 Å². The van der Waals surface area contributed by atoms with E-state index in [0.717, 1.165) is 34.1 Å². The summed E-state index contributed by atoms with van der Waals surface area (Å²) in [6.45, 7) is 7.30. The molecule has 6 rings (SSSR count). The normalized spacial score (nSPS) is 14.8. The van der Waals surface area contributed by atoms with Crippen LogP contribution in [0.25, 0.3) is 10.9 Å². The van der Waals surface area contributed by atoms with Crippen LogP contribution in [0.2, 0.25) is 0 Å². The first-order valence-corrected chi connectivity index (χ1v) is 14.1. The summed E-state index contributed by atoms with van der Waals surface area (Å²) >= 11 is 0. The smallest absolute Gasteiger partial charge is 0.269 e. The van der Waals surface area contributed by atoms with Gasteiger partial charge >= 0.3 is 0 Å². The van der Waals surface area contributed by atoms with Crippen LogP contribution in [0.3, 0.4) is 0 Å². The fourth-order valence-electron chi connectivity index (χ4n) is 5.71. The van der Waals surface area contributed by atoms with Crippen LogP contribution in [-0.4, -0.2) is 61.2 Å². The fourth-order valence-corrected chi connectivity index (χ4v) is 5.71. The number of aromatic nitrogens is 5. The second-order valence-electron chi connectivity index (χ2n) is 10.7. The number of pyridine rings is 1. The van der Waals surface area contributed by atoms with E-state index in [1.54, 1.807) is 12.1 Å². The topological polar surface area (TPSA) is 126 Å². The summed E-state index contributed by atoms with van der Waals surface area (Å²) in [5.41, 5.74) is 5.64. The molecule has 1 N–H and O–H groups in total. The number of aromatic amines is 1. The maximum atomic E-state index is 13.7. The Bertz CT molecular complexity index is 1770. The van der Waals surface area contributed by atoms with Crippen LogP contribution in [-0.2, 0) is 13.0 Å². The summed E-state index contributed by atoms with van der Waals surface area (Å²) in [6, 6.07) is 22.5. The summed E-state index contributed by atoms with van der Waals surface area (Å²) < 4.78 is 1.81. The summed E-state index contributed by atoms with van der Waals surface area (Å²) in [6.07, 6.45) is 0.756. The van der Waals surface area contributed by atoms with Crippen molar-refractivity contribution in [2.45, 2.75) is 32.9 Å². The molecule has 3 heterocycles. The van der Waals surface area contributed by atoms with Crippen LogP contribution in [0, 0.1) is 24.0 Å². The number of nitrogens with zero attached hydrogens (tertiary/aromatic N) is 7. The highest BCUT2D eigenvalue weighted by Gasteiger charge is 2.33. The molecule has 42 heavy (non-hydrogen) atoms. The van der Waals surface area contributed by atoms with Gasteiger partial charge in [0, 0.05) is 56.1 Å². The number of nitro groups is 1. The third-order valence-corrected chi connectivity index (χ3v) is 8.24. The highest BCUT2D eigenvalue weighted by atomic mass is 16.6. The van der Waals surface area contributed by atoms with Crippen molar-refractivity contribution >= 4 is 22.3 Å². The highest BCUT2D eigenvalue weighted by Crippen LogP contribution is 2.30. The Morgan fingerprint density at radius 3 is 2.43 bits per heavy atom. The number of H-pyrrole nitrogens is 1. The standard InChI is InChI=1S/C31H32N8O3/c1-21-8-9-24-20-27(31(40)32-28(24)22(21)2)29(30-33-34-35-38(30)15-14-23-6-4-3-5-7-23)37-18-16-36(17-19-37)25-10-12-26(13-11-25)39(41)42/h3-13,20,29H,14-19H2,1-2H3,(H,32,40)/t29-/m1/s1. The quantitative estimate of drug-likeness (QED) is 0.220. The fraction of sp³-hybridized carbons (Fsp3) is 0.290. The zero-order chi connectivity index (χ0) is 29.2. The average molecular weight is 565 g/mol. The number of non-ortho nitro benzene ring substituents is 1. The number of tetrazole rings is 1. The van der Waals surface area contributed by atoms with E-state index < -0.39 is 11.0 Å². The zero-order valence-corrected chi connectivity index (χ0v) is 23.6. The lowest BCUT2D eigenvalue weighted by Gasteiger charge is -2.39. The van der Waals surface area contributed by atoms with Gasteiger partial charge in [-0.3, -0.25) is 19.8 Å². The maximum Gasteiger partial charge on any atom is 0.269 e. The molecule has 11 nitrogen and oxygen atoms in total. The number of fused-ring (bicyclic) bond motifs is 1. The van der Waals surface area contributed by atoms with Crippen molar-refractivity contribution in [3.63, 3.8) is 0 Å². The molecule has 5 aromatic rings. The maximum absolute atomic E-state index is 13.7. The SMILES string of the molecule is Cc1ccc2cc([C@H](c3nnnn3CCc3ccccc3)N3CCN(c4ccc([N+](=O)[O-])cc4)CC3)c(=O)[nH]c2c1C. The summed E-state index contributed by atoms with van der Waals surface area (Å²) in [4.78, 5) is 32.0. The third-order valence-electron chi connectivity index (χ3n) is 8.24. The van der Waals surface area contributed by atoms with E-state index >= 15 is 0 Å². The molecule has 1 atom stereocenters. The minimum atomic E-state index is -0.454. The van der Waals surface area contributed by atoms with Gasteiger partial charge in [-0.2, -0.15) is 0 Å². The number of nitro benzene ring substituents is 1. The van der Waals surface area contributed by atoms with Crippen LogP contribution in [0.4, 0.5) is 11.4 Å². The Balaban J connectivity index is 1.34. The van der Waals surface area contributed by atoms with Crippen LogP contribution in [0.15, 0.2) is 77.6 Å². The third kappa shape index (κ3) is 5.38. The van der Waals surface area contributed by atoms with E-state index in [4.69, 9.17) is 0 Å². The largest absolute Gasteiger partial charge is 0.369 e. The van der Waals surface area contributed by atoms with Gasteiger partial charge in [0.15, 0.2) is 5.82 Å². The van der Waals surface area contributed by atoms with E-state index in [1.807, 2.05) is 48.9 Å². The van der Waals surface area contributed by atoms with Gasteiger partial charge in [-0.15, -0.1) is 5.10 Å².